The lowest BCUT2D eigenvalue weighted by Gasteiger charge is -2.11. The van der Waals surface area contributed by atoms with Gasteiger partial charge in [0.15, 0.2) is 0 Å². The van der Waals surface area contributed by atoms with Crippen LogP contribution in [0, 0.1) is 0 Å². The molecular weight excluding hydrogens is 438 g/mol. The van der Waals surface area contributed by atoms with Crippen LogP contribution in [0.25, 0.3) is 11.5 Å². The Balaban J connectivity index is 1.31. The molecule has 0 saturated heterocycles. The molecular formula is C25H23N3O4S. The molecule has 1 N–H and O–H groups in total. The minimum Gasteiger partial charge on any atom is -0.496 e. The first-order valence-corrected chi connectivity index (χ1v) is 11.2. The van der Waals surface area contributed by atoms with E-state index < -0.39 is 5.25 Å². The summed E-state index contributed by atoms with van der Waals surface area (Å²) in [6.45, 7) is 2.27. The van der Waals surface area contributed by atoms with Gasteiger partial charge >= 0.3 is 0 Å². The summed E-state index contributed by atoms with van der Waals surface area (Å²) in [7, 11) is 1.58. The van der Waals surface area contributed by atoms with Crippen molar-refractivity contribution in [3.63, 3.8) is 0 Å². The van der Waals surface area contributed by atoms with E-state index in [0.29, 0.717) is 34.7 Å². The summed E-state index contributed by atoms with van der Waals surface area (Å²) in [5.41, 5.74) is 2.47. The van der Waals surface area contributed by atoms with Crippen LogP contribution in [0.4, 0.5) is 5.69 Å². The highest BCUT2D eigenvalue weighted by molar-refractivity contribution is 8.00. The van der Waals surface area contributed by atoms with Crippen LogP contribution in [0.1, 0.15) is 12.5 Å². The maximum absolute atomic E-state index is 12.6. The SMILES string of the molecule is COc1ccccc1-c1nnc(S[C@@H](C)C(=O)Nc2ccc(OCc3ccccc3)cc2)o1. The van der Waals surface area contributed by atoms with Gasteiger partial charge in [0.2, 0.25) is 5.91 Å². The zero-order valence-electron chi connectivity index (χ0n) is 18.2. The Labute approximate surface area is 196 Å². The Hall–Kier alpha value is -3.78. The van der Waals surface area contributed by atoms with Gasteiger partial charge in [-0.15, -0.1) is 10.2 Å². The number of benzene rings is 3. The number of para-hydroxylation sites is 1. The van der Waals surface area contributed by atoms with E-state index in [0.717, 1.165) is 11.3 Å². The molecule has 3 aromatic carbocycles. The van der Waals surface area contributed by atoms with Gasteiger partial charge in [0, 0.05) is 5.69 Å². The standard InChI is InChI=1S/C25H23N3O4S/c1-17(33-25-28-27-24(32-25)21-10-6-7-11-22(21)30-2)23(29)26-19-12-14-20(15-13-19)31-16-18-8-4-3-5-9-18/h3-15,17H,16H2,1-2H3,(H,26,29)/t17-/m0/s1. The van der Waals surface area contributed by atoms with E-state index in [1.54, 1.807) is 14.0 Å². The number of rotatable bonds is 9. The predicted octanol–water partition coefficient (Wildman–Crippen LogP) is 5.44. The first kappa shape index (κ1) is 22.4. The van der Waals surface area contributed by atoms with Crippen molar-refractivity contribution in [2.75, 3.05) is 12.4 Å². The number of hydrogen-bond acceptors (Lipinski definition) is 7. The zero-order chi connectivity index (χ0) is 23.0. The summed E-state index contributed by atoms with van der Waals surface area (Å²) in [5, 5.41) is 10.9. The third kappa shape index (κ3) is 5.93. The Morgan fingerprint density at radius 1 is 1.00 bits per heavy atom. The molecule has 0 radical (unpaired) electrons. The minimum absolute atomic E-state index is 0.171. The first-order valence-electron chi connectivity index (χ1n) is 10.3. The fraction of sp³-hybridized carbons (Fsp3) is 0.160. The molecule has 0 bridgehead atoms. The number of carbonyl (C=O) groups is 1. The lowest BCUT2D eigenvalue weighted by Crippen LogP contribution is -2.22. The highest BCUT2D eigenvalue weighted by Gasteiger charge is 2.20. The van der Waals surface area contributed by atoms with Crippen molar-refractivity contribution in [3.8, 4) is 23.0 Å². The van der Waals surface area contributed by atoms with Gasteiger partial charge in [-0.3, -0.25) is 4.79 Å². The summed E-state index contributed by atoms with van der Waals surface area (Å²) in [4.78, 5) is 12.6. The van der Waals surface area contributed by atoms with E-state index in [-0.39, 0.29) is 5.91 Å². The van der Waals surface area contributed by atoms with Gasteiger partial charge in [-0.25, -0.2) is 0 Å². The molecule has 7 nitrogen and oxygen atoms in total. The van der Waals surface area contributed by atoms with Gasteiger partial charge in [0.1, 0.15) is 18.1 Å². The van der Waals surface area contributed by atoms with Crippen LogP contribution in [0.15, 0.2) is 88.5 Å². The van der Waals surface area contributed by atoms with E-state index in [4.69, 9.17) is 13.9 Å². The molecule has 4 aromatic rings. The maximum Gasteiger partial charge on any atom is 0.277 e. The molecule has 0 aliphatic heterocycles. The topological polar surface area (TPSA) is 86.5 Å². The van der Waals surface area contributed by atoms with Crippen LogP contribution in [-0.2, 0) is 11.4 Å². The molecule has 4 rings (SSSR count). The lowest BCUT2D eigenvalue weighted by atomic mass is 10.2. The van der Waals surface area contributed by atoms with E-state index >= 15 is 0 Å². The number of hydrogen-bond donors (Lipinski definition) is 1. The van der Waals surface area contributed by atoms with Crippen LogP contribution >= 0.6 is 11.8 Å². The quantitative estimate of drug-likeness (QED) is 0.332. The Kier molecular flexibility index (Phi) is 7.26. The zero-order valence-corrected chi connectivity index (χ0v) is 19.0. The predicted molar refractivity (Wildman–Crippen MR) is 127 cm³/mol. The van der Waals surface area contributed by atoms with Crippen LogP contribution in [0.2, 0.25) is 0 Å². The number of carbonyl (C=O) groups excluding carboxylic acids is 1. The van der Waals surface area contributed by atoms with Crippen LogP contribution in [-0.4, -0.2) is 28.5 Å². The number of thioether (sulfide) groups is 1. The second kappa shape index (κ2) is 10.7. The molecule has 1 atom stereocenters. The summed E-state index contributed by atoms with van der Waals surface area (Å²) in [5.74, 6) is 1.54. The highest BCUT2D eigenvalue weighted by Crippen LogP contribution is 2.31. The van der Waals surface area contributed by atoms with E-state index in [2.05, 4.69) is 15.5 Å². The normalized spacial score (nSPS) is 11.6. The van der Waals surface area contributed by atoms with Gasteiger partial charge in [0.05, 0.1) is 17.9 Å². The maximum atomic E-state index is 12.6. The molecule has 168 valence electrons. The molecule has 0 aliphatic rings. The number of methoxy groups -OCH3 is 1. The Bertz CT molecular complexity index is 1200. The minimum atomic E-state index is -0.440. The van der Waals surface area contributed by atoms with Gasteiger partial charge in [-0.2, -0.15) is 0 Å². The molecule has 1 aromatic heterocycles. The van der Waals surface area contributed by atoms with E-state index in [1.807, 2.05) is 78.9 Å². The third-order valence-electron chi connectivity index (χ3n) is 4.76. The van der Waals surface area contributed by atoms with Crippen molar-refractivity contribution in [1.82, 2.24) is 10.2 Å². The molecule has 1 amide bonds. The number of ether oxygens (including phenoxy) is 2. The molecule has 1 heterocycles. The Morgan fingerprint density at radius 3 is 2.48 bits per heavy atom. The van der Waals surface area contributed by atoms with Gasteiger partial charge < -0.3 is 19.2 Å². The van der Waals surface area contributed by atoms with Crippen molar-refractivity contribution in [1.29, 1.82) is 0 Å². The Morgan fingerprint density at radius 2 is 1.73 bits per heavy atom. The number of anilines is 1. The molecule has 0 fully saturated rings. The summed E-state index contributed by atoms with van der Waals surface area (Å²) >= 11 is 1.19. The van der Waals surface area contributed by atoms with Gasteiger partial charge in [-0.1, -0.05) is 54.2 Å². The fourth-order valence-electron chi connectivity index (χ4n) is 3.01. The number of aromatic nitrogens is 2. The molecule has 0 unspecified atom stereocenters. The fourth-order valence-corrected chi connectivity index (χ4v) is 3.70. The summed E-state index contributed by atoms with van der Waals surface area (Å²) in [6, 6.07) is 24.6. The summed E-state index contributed by atoms with van der Waals surface area (Å²) < 4.78 is 16.8. The summed E-state index contributed by atoms with van der Waals surface area (Å²) in [6.07, 6.45) is 0. The first-order chi connectivity index (χ1) is 16.1. The second-order valence-corrected chi connectivity index (χ2v) is 8.41. The van der Waals surface area contributed by atoms with Crippen molar-refractivity contribution in [2.45, 2.75) is 24.0 Å². The molecule has 33 heavy (non-hydrogen) atoms. The lowest BCUT2D eigenvalue weighted by molar-refractivity contribution is -0.115. The van der Waals surface area contributed by atoms with Gasteiger partial charge in [0.25, 0.3) is 11.1 Å². The average molecular weight is 462 g/mol. The largest absolute Gasteiger partial charge is 0.496 e. The highest BCUT2D eigenvalue weighted by atomic mass is 32.2. The number of amides is 1. The monoisotopic (exact) mass is 461 g/mol. The van der Waals surface area contributed by atoms with Crippen molar-refractivity contribution >= 4 is 23.4 Å². The third-order valence-corrected chi connectivity index (χ3v) is 5.70. The van der Waals surface area contributed by atoms with E-state index in [9.17, 15) is 4.79 Å². The van der Waals surface area contributed by atoms with Crippen LogP contribution < -0.4 is 14.8 Å². The molecule has 0 aliphatic carbocycles. The average Bonchev–Trinajstić information content (AvgIpc) is 3.32. The molecule has 8 heteroatoms. The van der Waals surface area contributed by atoms with E-state index in [1.165, 1.54) is 11.8 Å². The smallest absolute Gasteiger partial charge is 0.277 e. The van der Waals surface area contributed by atoms with Crippen molar-refractivity contribution < 1.29 is 18.7 Å². The second-order valence-electron chi connectivity index (χ2n) is 7.12. The van der Waals surface area contributed by atoms with Gasteiger partial charge in [-0.05, 0) is 48.9 Å². The van der Waals surface area contributed by atoms with Crippen LogP contribution in [0.5, 0.6) is 11.5 Å². The molecule has 0 spiro atoms. The molecule has 0 saturated carbocycles. The number of nitrogens with zero attached hydrogens (tertiary/aromatic N) is 2. The van der Waals surface area contributed by atoms with Crippen LogP contribution in [0.3, 0.4) is 0 Å². The van der Waals surface area contributed by atoms with Crippen molar-refractivity contribution in [2.24, 2.45) is 0 Å². The number of nitrogens with one attached hydrogen (secondary N) is 1. The van der Waals surface area contributed by atoms with Crippen molar-refractivity contribution in [3.05, 3.63) is 84.4 Å².